The van der Waals surface area contributed by atoms with Crippen molar-refractivity contribution in [1.82, 2.24) is 9.91 Å². The number of carbonyl (C=O) groups excluding carboxylic acids is 3. The fourth-order valence-electron chi connectivity index (χ4n) is 5.20. The number of allylic oxidation sites excluding steroid dienone is 1. The standard InChI is InChI=1S/C26H22N4O3S2/c27-19-9-2-7-17-22(19)26(33)29(25(17)32)14-21(31)30-24(20-10-4-12-35-20)18-8-1-5-15(23(18)28-30)13-16-6-3-11-34-16/h2-4,6-7,9-13,18,24H,1,5,8,14,27H2. The van der Waals surface area contributed by atoms with Crippen LogP contribution in [0.1, 0.15) is 55.8 Å². The molecule has 0 saturated heterocycles. The number of hydrogen-bond acceptors (Lipinski definition) is 7. The van der Waals surface area contributed by atoms with Crippen molar-refractivity contribution in [3.05, 3.63) is 79.7 Å². The smallest absolute Gasteiger partial charge is 0.264 e. The van der Waals surface area contributed by atoms with Crippen LogP contribution in [0.5, 0.6) is 0 Å². The molecule has 0 radical (unpaired) electrons. The van der Waals surface area contributed by atoms with Crippen LogP contribution >= 0.6 is 22.7 Å². The van der Waals surface area contributed by atoms with Crippen LogP contribution in [0.2, 0.25) is 0 Å². The summed E-state index contributed by atoms with van der Waals surface area (Å²) in [6.07, 6.45) is 5.02. The van der Waals surface area contributed by atoms with Gasteiger partial charge in [0.2, 0.25) is 0 Å². The number of thiophene rings is 2. The summed E-state index contributed by atoms with van der Waals surface area (Å²) in [5, 5.41) is 10.4. The summed E-state index contributed by atoms with van der Waals surface area (Å²) in [4.78, 5) is 42.7. The fourth-order valence-corrected chi connectivity index (χ4v) is 6.76. The zero-order valence-corrected chi connectivity index (χ0v) is 20.3. The molecule has 0 bridgehead atoms. The summed E-state index contributed by atoms with van der Waals surface area (Å²) in [6.45, 7) is -0.374. The SMILES string of the molecule is Nc1cccc2c1C(=O)N(CC(=O)N1N=C3C(=Cc4cccs4)CCCC3C1c1cccs1)C2=O. The molecule has 1 fully saturated rings. The number of imide groups is 1. The first-order valence-electron chi connectivity index (χ1n) is 11.5. The van der Waals surface area contributed by atoms with Gasteiger partial charge in [0.15, 0.2) is 0 Å². The molecule has 2 aromatic heterocycles. The second-order valence-electron chi connectivity index (χ2n) is 8.83. The summed E-state index contributed by atoms with van der Waals surface area (Å²) < 4.78 is 0. The average Bonchev–Trinajstić information content (AvgIpc) is 3.64. The molecule has 9 heteroatoms. The molecule has 2 N–H and O–H groups in total. The van der Waals surface area contributed by atoms with Crippen molar-refractivity contribution in [3.8, 4) is 0 Å². The van der Waals surface area contributed by atoms with E-state index in [-0.39, 0.29) is 41.2 Å². The van der Waals surface area contributed by atoms with E-state index in [1.165, 1.54) is 5.01 Å². The second kappa shape index (κ2) is 8.58. The van der Waals surface area contributed by atoms with Crippen LogP contribution in [-0.2, 0) is 4.79 Å². The first-order chi connectivity index (χ1) is 17.0. The van der Waals surface area contributed by atoms with E-state index in [2.05, 4.69) is 12.1 Å². The van der Waals surface area contributed by atoms with Crippen molar-refractivity contribution in [3.63, 3.8) is 0 Å². The van der Waals surface area contributed by atoms with E-state index < -0.39 is 11.8 Å². The van der Waals surface area contributed by atoms with Gasteiger partial charge in [0.05, 0.1) is 22.9 Å². The van der Waals surface area contributed by atoms with E-state index in [9.17, 15) is 14.4 Å². The highest BCUT2D eigenvalue weighted by Gasteiger charge is 2.46. The monoisotopic (exact) mass is 502 g/mol. The lowest BCUT2D eigenvalue weighted by Crippen LogP contribution is -2.41. The van der Waals surface area contributed by atoms with Crippen molar-refractivity contribution in [2.75, 3.05) is 12.3 Å². The van der Waals surface area contributed by atoms with E-state index in [1.807, 2.05) is 29.0 Å². The Morgan fingerprint density at radius 3 is 2.66 bits per heavy atom. The molecule has 2 atom stereocenters. The number of nitrogens with zero attached hydrogens (tertiary/aromatic N) is 3. The van der Waals surface area contributed by atoms with E-state index in [0.717, 1.165) is 45.2 Å². The number of carbonyl (C=O) groups is 3. The maximum Gasteiger partial charge on any atom is 0.264 e. The Morgan fingerprint density at radius 2 is 1.91 bits per heavy atom. The van der Waals surface area contributed by atoms with Gasteiger partial charge in [0.1, 0.15) is 6.54 Å². The third-order valence-corrected chi connectivity index (χ3v) is 8.54. The van der Waals surface area contributed by atoms with Gasteiger partial charge in [-0.1, -0.05) is 18.2 Å². The summed E-state index contributed by atoms with van der Waals surface area (Å²) in [6, 6.07) is 12.6. The van der Waals surface area contributed by atoms with Crippen molar-refractivity contribution in [1.29, 1.82) is 0 Å². The third-order valence-electron chi connectivity index (χ3n) is 6.78. The van der Waals surface area contributed by atoms with Crippen molar-refractivity contribution in [2.24, 2.45) is 11.0 Å². The molecule has 6 rings (SSSR count). The van der Waals surface area contributed by atoms with Crippen molar-refractivity contribution < 1.29 is 14.4 Å². The molecule has 1 aliphatic carbocycles. The molecule has 4 heterocycles. The topological polar surface area (TPSA) is 96.1 Å². The summed E-state index contributed by atoms with van der Waals surface area (Å²) >= 11 is 3.26. The minimum absolute atomic E-state index is 0.0791. The molecule has 1 aromatic carbocycles. The van der Waals surface area contributed by atoms with Gasteiger partial charge < -0.3 is 5.73 Å². The number of benzene rings is 1. The molecule has 35 heavy (non-hydrogen) atoms. The molecule has 2 unspecified atom stereocenters. The lowest BCUT2D eigenvalue weighted by Gasteiger charge is -2.29. The quantitative estimate of drug-likeness (QED) is 0.409. The molecular formula is C26H22N4O3S2. The van der Waals surface area contributed by atoms with Crippen LogP contribution in [0.3, 0.4) is 0 Å². The lowest BCUT2D eigenvalue weighted by atomic mass is 9.79. The Balaban J connectivity index is 1.34. The minimum Gasteiger partial charge on any atom is -0.398 e. The van der Waals surface area contributed by atoms with Gasteiger partial charge in [0.25, 0.3) is 17.7 Å². The molecule has 3 aromatic rings. The molecule has 0 spiro atoms. The minimum atomic E-state index is -0.535. The van der Waals surface area contributed by atoms with Gasteiger partial charge in [-0.3, -0.25) is 19.3 Å². The predicted molar refractivity (Wildman–Crippen MR) is 137 cm³/mol. The van der Waals surface area contributed by atoms with Crippen LogP contribution in [0, 0.1) is 5.92 Å². The highest BCUT2D eigenvalue weighted by atomic mass is 32.1. The second-order valence-corrected chi connectivity index (χ2v) is 10.8. The van der Waals surface area contributed by atoms with Crippen LogP contribution in [0.25, 0.3) is 6.08 Å². The Bertz CT molecular complexity index is 1390. The van der Waals surface area contributed by atoms with Crippen LogP contribution in [0.4, 0.5) is 5.69 Å². The molecule has 7 nitrogen and oxygen atoms in total. The molecular weight excluding hydrogens is 480 g/mol. The lowest BCUT2D eigenvalue weighted by molar-refractivity contribution is -0.133. The third kappa shape index (κ3) is 3.62. The van der Waals surface area contributed by atoms with Crippen molar-refractivity contribution in [2.45, 2.75) is 25.3 Å². The van der Waals surface area contributed by atoms with Gasteiger partial charge in [-0.15, -0.1) is 22.7 Å². The van der Waals surface area contributed by atoms with Gasteiger partial charge in [-0.05, 0) is 65.9 Å². The van der Waals surface area contributed by atoms with Crippen molar-refractivity contribution >= 4 is 57.9 Å². The maximum atomic E-state index is 13.6. The van der Waals surface area contributed by atoms with E-state index in [4.69, 9.17) is 10.8 Å². The van der Waals surface area contributed by atoms with Gasteiger partial charge >= 0.3 is 0 Å². The molecule has 2 aliphatic heterocycles. The molecule has 3 amide bonds. The number of amides is 3. The maximum absolute atomic E-state index is 13.6. The van der Waals surface area contributed by atoms with Crippen LogP contribution < -0.4 is 5.73 Å². The molecule has 3 aliphatic rings. The van der Waals surface area contributed by atoms with Gasteiger partial charge in [-0.2, -0.15) is 5.10 Å². The van der Waals surface area contributed by atoms with Gasteiger partial charge in [-0.25, -0.2) is 5.01 Å². The van der Waals surface area contributed by atoms with Crippen LogP contribution in [-0.4, -0.2) is 39.9 Å². The highest BCUT2D eigenvalue weighted by molar-refractivity contribution is 7.11. The van der Waals surface area contributed by atoms with Gasteiger partial charge in [0, 0.05) is 21.4 Å². The number of nitrogens with two attached hydrogens (primary N) is 1. The Hall–Kier alpha value is -3.56. The summed E-state index contributed by atoms with van der Waals surface area (Å²) in [7, 11) is 0. The summed E-state index contributed by atoms with van der Waals surface area (Å²) in [5.74, 6) is -1.34. The predicted octanol–water partition coefficient (Wildman–Crippen LogP) is 4.81. The van der Waals surface area contributed by atoms with E-state index >= 15 is 0 Å². The Morgan fingerprint density at radius 1 is 1.09 bits per heavy atom. The number of fused-ring (bicyclic) bond motifs is 2. The Kier molecular flexibility index (Phi) is 5.38. The first kappa shape index (κ1) is 21.9. The highest BCUT2D eigenvalue weighted by Crippen LogP contribution is 2.45. The number of nitrogen functional groups attached to an aromatic ring is 1. The zero-order valence-electron chi connectivity index (χ0n) is 18.7. The molecule has 1 saturated carbocycles. The molecule has 176 valence electrons. The number of hydrazone groups is 1. The van der Waals surface area contributed by atoms with E-state index in [0.29, 0.717) is 0 Å². The fraction of sp³-hybridized carbons (Fsp3) is 0.231. The normalized spacial score (nSPS) is 22.5. The largest absolute Gasteiger partial charge is 0.398 e. The average molecular weight is 503 g/mol. The Labute approximate surface area is 210 Å². The number of hydrogen-bond donors (Lipinski definition) is 1. The zero-order chi connectivity index (χ0) is 24.1. The number of rotatable bonds is 4. The first-order valence-corrected chi connectivity index (χ1v) is 13.2. The van der Waals surface area contributed by atoms with E-state index in [1.54, 1.807) is 40.9 Å². The van der Waals surface area contributed by atoms with Crippen LogP contribution in [0.15, 0.2) is 63.9 Å². The number of anilines is 1. The summed E-state index contributed by atoms with van der Waals surface area (Å²) in [5.41, 5.74) is 8.68.